The zero-order valence-corrected chi connectivity index (χ0v) is 23.8. The van der Waals surface area contributed by atoms with Crippen LogP contribution in [0.4, 0.5) is 18.9 Å². The Balaban J connectivity index is 2.51. The third-order valence-corrected chi connectivity index (χ3v) is 7.40. The molecule has 1 N–H and O–H groups in total. The third-order valence-electron chi connectivity index (χ3n) is 5.93. The molecule has 0 spiro atoms. The van der Waals surface area contributed by atoms with Gasteiger partial charge in [0.2, 0.25) is 21.8 Å². The summed E-state index contributed by atoms with van der Waals surface area (Å²) in [6.07, 6.45) is -2.28. The van der Waals surface area contributed by atoms with Crippen LogP contribution in [0.1, 0.15) is 44.2 Å². The molecule has 2 rings (SSSR count). The molecule has 2 amide bonds. The van der Waals surface area contributed by atoms with Crippen molar-refractivity contribution in [2.24, 2.45) is 0 Å². The number of hydrogen-bond acceptors (Lipinski definition) is 5. The number of halogens is 4. The number of nitrogens with one attached hydrogen (secondary N) is 1. The van der Waals surface area contributed by atoms with Gasteiger partial charge in [-0.15, -0.1) is 0 Å². The molecule has 0 saturated heterocycles. The number of hydrogen-bond donors (Lipinski definition) is 1. The van der Waals surface area contributed by atoms with E-state index in [4.69, 9.17) is 16.3 Å². The van der Waals surface area contributed by atoms with Crippen molar-refractivity contribution in [3.63, 3.8) is 0 Å². The number of unbranched alkanes of at least 4 members (excludes halogenated alkanes) is 1. The van der Waals surface area contributed by atoms with Crippen LogP contribution in [0, 0.1) is 0 Å². The predicted octanol–water partition coefficient (Wildman–Crippen LogP) is 4.86. The number of benzene rings is 2. The molecule has 0 unspecified atom stereocenters. The van der Waals surface area contributed by atoms with Gasteiger partial charge in [-0.2, -0.15) is 13.2 Å². The Labute approximate surface area is 232 Å². The van der Waals surface area contributed by atoms with Gasteiger partial charge in [0.05, 0.1) is 29.6 Å². The number of methoxy groups -OCH3 is 1. The zero-order valence-electron chi connectivity index (χ0n) is 22.2. The fourth-order valence-electron chi connectivity index (χ4n) is 3.89. The van der Waals surface area contributed by atoms with Gasteiger partial charge in [-0.3, -0.25) is 13.9 Å². The van der Waals surface area contributed by atoms with E-state index in [1.807, 2.05) is 6.92 Å². The van der Waals surface area contributed by atoms with Crippen LogP contribution >= 0.6 is 11.6 Å². The van der Waals surface area contributed by atoms with Crippen LogP contribution in [0.2, 0.25) is 5.02 Å². The summed E-state index contributed by atoms with van der Waals surface area (Å²) in [5.74, 6) is -0.679. The zero-order chi connectivity index (χ0) is 29.4. The quantitative estimate of drug-likeness (QED) is 0.336. The van der Waals surface area contributed by atoms with E-state index in [0.29, 0.717) is 28.2 Å². The lowest BCUT2D eigenvalue weighted by molar-refractivity contribution is -0.140. The van der Waals surface area contributed by atoms with Crippen molar-refractivity contribution in [3.05, 3.63) is 58.6 Å². The Bertz CT molecular complexity index is 1260. The van der Waals surface area contributed by atoms with E-state index in [1.165, 1.54) is 12.0 Å². The van der Waals surface area contributed by atoms with E-state index in [9.17, 15) is 31.2 Å². The van der Waals surface area contributed by atoms with Gasteiger partial charge >= 0.3 is 6.18 Å². The first kappa shape index (κ1) is 32.2. The van der Waals surface area contributed by atoms with Gasteiger partial charge in [-0.25, -0.2) is 8.42 Å². The first-order valence-corrected chi connectivity index (χ1v) is 14.5. The molecular formula is C26H33ClF3N3O5S. The van der Waals surface area contributed by atoms with Crippen LogP contribution in [-0.2, 0) is 32.3 Å². The molecule has 2 aromatic rings. The van der Waals surface area contributed by atoms with E-state index in [2.05, 4.69) is 5.32 Å². The van der Waals surface area contributed by atoms with Crippen LogP contribution < -0.4 is 14.4 Å². The summed E-state index contributed by atoms with van der Waals surface area (Å²) >= 11 is 5.70. The first-order chi connectivity index (χ1) is 18.2. The number of carbonyl (C=O) groups excluding carboxylic acids is 2. The molecule has 216 valence electrons. The average Bonchev–Trinajstić information content (AvgIpc) is 2.86. The molecule has 0 aliphatic rings. The molecule has 0 bridgehead atoms. The molecule has 2 aromatic carbocycles. The van der Waals surface area contributed by atoms with Gasteiger partial charge in [-0.1, -0.05) is 44.0 Å². The van der Waals surface area contributed by atoms with Crippen LogP contribution in [0.25, 0.3) is 0 Å². The van der Waals surface area contributed by atoms with E-state index in [0.717, 1.165) is 31.2 Å². The standard InChI is InChI=1S/C26H33ClF3N3O5S/c1-5-7-13-31-25(35)23(6-2)32(16-18-9-8-10-20(14-18)38-3)24(34)17-33(39(4,36)37)19-11-12-22(27)21(15-19)26(28,29)30/h8-12,14-15,23H,5-7,13,16-17H2,1-4H3,(H,31,35)/t23-/m0/s1. The van der Waals surface area contributed by atoms with Gasteiger partial charge in [0.15, 0.2) is 0 Å². The number of carbonyl (C=O) groups is 2. The lowest BCUT2D eigenvalue weighted by Crippen LogP contribution is -2.52. The molecule has 1 atom stereocenters. The Hall–Kier alpha value is -2.99. The highest BCUT2D eigenvalue weighted by molar-refractivity contribution is 7.92. The first-order valence-electron chi connectivity index (χ1n) is 12.3. The second-order valence-corrected chi connectivity index (χ2v) is 11.2. The number of anilines is 1. The fourth-order valence-corrected chi connectivity index (χ4v) is 4.96. The Kier molecular flexibility index (Phi) is 11.5. The monoisotopic (exact) mass is 591 g/mol. The second kappa shape index (κ2) is 13.9. The Morgan fingerprint density at radius 3 is 2.38 bits per heavy atom. The summed E-state index contributed by atoms with van der Waals surface area (Å²) in [5.41, 5.74) is -1.01. The number of amides is 2. The van der Waals surface area contributed by atoms with E-state index < -0.39 is 51.2 Å². The summed E-state index contributed by atoms with van der Waals surface area (Å²) in [6, 6.07) is 8.43. The minimum absolute atomic E-state index is 0.0677. The van der Waals surface area contributed by atoms with Crippen molar-refractivity contribution in [3.8, 4) is 5.75 Å². The molecule has 39 heavy (non-hydrogen) atoms. The molecule has 0 aliphatic carbocycles. The van der Waals surface area contributed by atoms with E-state index in [-0.39, 0.29) is 18.7 Å². The molecular weight excluding hydrogens is 559 g/mol. The molecule has 8 nitrogen and oxygen atoms in total. The molecule has 0 radical (unpaired) electrons. The number of nitrogens with zero attached hydrogens (tertiary/aromatic N) is 2. The highest BCUT2D eigenvalue weighted by Crippen LogP contribution is 2.37. The fraction of sp³-hybridized carbons (Fsp3) is 0.462. The van der Waals surface area contributed by atoms with E-state index in [1.54, 1.807) is 31.2 Å². The summed E-state index contributed by atoms with van der Waals surface area (Å²) in [7, 11) is -2.75. The van der Waals surface area contributed by atoms with Crippen LogP contribution in [0.5, 0.6) is 5.75 Å². The Morgan fingerprint density at radius 1 is 1.13 bits per heavy atom. The number of ether oxygens (including phenoxy) is 1. The molecule has 0 heterocycles. The van der Waals surface area contributed by atoms with Gasteiger partial charge in [-0.05, 0) is 48.7 Å². The number of sulfonamides is 1. The smallest absolute Gasteiger partial charge is 0.417 e. The highest BCUT2D eigenvalue weighted by Gasteiger charge is 2.36. The largest absolute Gasteiger partial charge is 0.497 e. The molecule has 13 heteroatoms. The maximum absolute atomic E-state index is 13.7. The maximum Gasteiger partial charge on any atom is 0.417 e. The van der Waals surface area contributed by atoms with Gasteiger partial charge < -0.3 is 15.0 Å². The van der Waals surface area contributed by atoms with Crippen molar-refractivity contribution in [1.82, 2.24) is 10.2 Å². The van der Waals surface area contributed by atoms with Crippen molar-refractivity contribution in [2.45, 2.75) is 51.9 Å². The van der Waals surface area contributed by atoms with Crippen LogP contribution in [0.3, 0.4) is 0 Å². The topological polar surface area (TPSA) is 96.0 Å². The van der Waals surface area contributed by atoms with Crippen molar-refractivity contribution in [2.75, 3.05) is 30.8 Å². The van der Waals surface area contributed by atoms with Gasteiger partial charge in [0.25, 0.3) is 0 Å². The highest BCUT2D eigenvalue weighted by atomic mass is 35.5. The van der Waals surface area contributed by atoms with E-state index >= 15 is 0 Å². The normalized spacial score (nSPS) is 12.5. The molecule has 0 aliphatic heterocycles. The molecule has 0 saturated carbocycles. The van der Waals surface area contributed by atoms with Crippen molar-refractivity contribution in [1.29, 1.82) is 0 Å². The van der Waals surface area contributed by atoms with Crippen molar-refractivity contribution >= 4 is 39.1 Å². The lowest BCUT2D eigenvalue weighted by atomic mass is 10.1. The summed E-state index contributed by atoms with van der Waals surface area (Å²) in [5, 5.41) is 2.18. The van der Waals surface area contributed by atoms with Gasteiger partial charge in [0.1, 0.15) is 18.3 Å². The third kappa shape index (κ3) is 9.03. The second-order valence-electron chi connectivity index (χ2n) is 8.87. The minimum Gasteiger partial charge on any atom is -0.497 e. The van der Waals surface area contributed by atoms with Crippen LogP contribution in [0.15, 0.2) is 42.5 Å². The molecule has 0 aromatic heterocycles. The minimum atomic E-state index is -4.84. The predicted molar refractivity (Wildman–Crippen MR) is 144 cm³/mol. The summed E-state index contributed by atoms with van der Waals surface area (Å²) < 4.78 is 71.6. The average molecular weight is 592 g/mol. The summed E-state index contributed by atoms with van der Waals surface area (Å²) in [4.78, 5) is 28.0. The van der Waals surface area contributed by atoms with Crippen LogP contribution in [-0.4, -0.2) is 57.6 Å². The SMILES string of the molecule is CCCCNC(=O)[C@H](CC)N(Cc1cccc(OC)c1)C(=O)CN(c1ccc(Cl)c(C(F)(F)F)c1)S(C)(=O)=O. The number of alkyl halides is 3. The summed E-state index contributed by atoms with van der Waals surface area (Å²) in [6.45, 7) is 3.16. The maximum atomic E-state index is 13.7. The Morgan fingerprint density at radius 2 is 1.82 bits per heavy atom. The van der Waals surface area contributed by atoms with Crippen molar-refractivity contribution < 1.29 is 35.9 Å². The van der Waals surface area contributed by atoms with Gasteiger partial charge in [0, 0.05) is 13.1 Å². The lowest BCUT2D eigenvalue weighted by Gasteiger charge is -2.33. The molecule has 0 fully saturated rings. The number of rotatable bonds is 13.